The first-order valence-electron chi connectivity index (χ1n) is 4.15. The SMILES string of the molecule is C=CC(=O)NCCNC(=O)/C=C\C(=O)O. The lowest BCUT2D eigenvalue weighted by molar-refractivity contribution is -0.131. The fraction of sp³-hybridized carbons (Fsp3) is 0.222. The van der Waals surface area contributed by atoms with Gasteiger partial charge in [-0.2, -0.15) is 0 Å². The summed E-state index contributed by atoms with van der Waals surface area (Å²) in [6.07, 6.45) is 2.75. The zero-order chi connectivity index (χ0) is 11.7. The number of hydrogen-bond acceptors (Lipinski definition) is 3. The van der Waals surface area contributed by atoms with Crippen LogP contribution in [0.5, 0.6) is 0 Å². The Bertz CT molecular complexity index is 296. The molecule has 0 spiro atoms. The molecule has 0 unspecified atom stereocenters. The molecule has 82 valence electrons. The van der Waals surface area contributed by atoms with E-state index < -0.39 is 11.9 Å². The molecule has 0 bridgehead atoms. The van der Waals surface area contributed by atoms with Crippen LogP contribution in [-0.4, -0.2) is 36.0 Å². The van der Waals surface area contributed by atoms with Gasteiger partial charge in [-0.25, -0.2) is 4.79 Å². The zero-order valence-corrected chi connectivity index (χ0v) is 8.03. The molecule has 0 aliphatic rings. The van der Waals surface area contributed by atoms with Crippen LogP contribution in [0.2, 0.25) is 0 Å². The number of amides is 2. The lowest BCUT2D eigenvalue weighted by Gasteiger charge is -2.02. The van der Waals surface area contributed by atoms with E-state index in [2.05, 4.69) is 17.2 Å². The van der Waals surface area contributed by atoms with E-state index in [4.69, 9.17) is 5.11 Å². The minimum absolute atomic E-state index is 0.225. The average Bonchev–Trinajstić information content (AvgIpc) is 2.21. The molecule has 0 atom stereocenters. The molecule has 0 aliphatic carbocycles. The number of hydrogen-bond donors (Lipinski definition) is 3. The van der Waals surface area contributed by atoms with Gasteiger partial charge in [-0.15, -0.1) is 0 Å². The second-order valence-corrected chi connectivity index (χ2v) is 2.46. The largest absolute Gasteiger partial charge is 0.478 e. The Hall–Kier alpha value is -2.11. The molecule has 0 radical (unpaired) electrons. The fourth-order valence-corrected chi connectivity index (χ4v) is 0.649. The van der Waals surface area contributed by atoms with E-state index in [-0.39, 0.29) is 19.0 Å². The number of carbonyl (C=O) groups is 3. The summed E-state index contributed by atoms with van der Waals surface area (Å²) in [6.45, 7) is 3.73. The minimum atomic E-state index is -1.19. The number of carbonyl (C=O) groups excluding carboxylic acids is 2. The third-order valence-corrected chi connectivity index (χ3v) is 1.29. The summed E-state index contributed by atoms with van der Waals surface area (Å²) >= 11 is 0. The van der Waals surface area contributed by atoms with Crippen LogP contribution in [0.15, 0.2) is 24.8 Å². The first-order valence-corrected chi connectivity index (χ1v) is 4.15. The maximum atomic E-state index is 10.9. The quantitative estimate of drug-likeness (QED) is 0.390. The van der Waals surface area contributed by atoms with Gasteiger partial charge in [0.15, 0.2) is 0 Å². The van der Waals surface area contributed by atoms with Crippen molar-refractivity contribution in [3.05, 3.63) is 24.8 Å². The normalized spacial score (nSPS) is 9.60. The topological polar surface area (TPSA) is 95.5 Å². The van der Waals surface area contributed by atoms with E-state index in [1.807, 2.05) is 0 Å². The highest BCUT2D eigenvalue weighted by Crippen LogP contribution is 1.74. The van der Waals surface area contributed by atoms with Gasteiger partial charge in [0.1, 0.15) is 0 Å². The number of carboxylic acid groups (broad SMARTS) is 1. The maximum absolute atomic E-state index is 10.9. The predicted octanol–water partition coefficient (Wildman–Crippen LogP) is -0.954. The Morgan fingerprint density at radius 2 is 1.60 bits per heavy atom. The van der Waals surface area contributed by atoms with Crippen LogP contribution in [0.1, 0.15) is 0 Å². The van der Waals surface area contributed by atoms with Crippen LogP contribution >= 0.6 is 0 Å². The van der Waals surface area contributed by atoms with E-state index in [0.717, 1.165) is 18.2 Å². The second kappa shape index (κ2) is 7.31. The minimum Gasteiger partial charge on any atom is -0.478 e. The molecule has 6 nitrogen and oxygen atoms in total. The van der Waals surface area contributed by atoms with E-state index in [9.17, 15) is 14.4 Å². The summed E-state index contributed by atoms with van der Waals surface area (Å²) in [5, 5.41) is 13.0. The Labute approximate surface area is 86.7 Å². The van der Waals surface area contributed by atoms with Crippen LogP contribution in [0.4, 0.5) is 0 Å². The van der Waals surface area contributed by atoms with Gasteiger partial charge < -0.3 is 15.7 Å². The Kier molecular flexibility index (Phi) is 6.28. The molecule has 6 heteroatoms. The lowest BCUT2D eigenvalue weighted by atomic mass is 10.4. The van der Waals surface area contributed by atoms with Crippen molar-refractivity contribution in [2.24, 2.45) is 0 Å². The summed E-state index contributed by atoms with van der Waals surface area (Å²) in [7, 11) is 0. The van der Waals surface area contributed by atoms with Crippen LogP contribution in [0, 0.1) is 0 Å². The number of aliphatic carboxylic acids is 1. The molecule has 0 aromatic carbocycles. The van der Waals surface area contributed by atoms with Gasteiger partial charge in [-0.05, 0) is 6.08 Å². The molecule has 0 heterocycles. The van der Waals surface area contributed by atoms with Crippen molar-refractivity contribution in [1.29, 1.82) is 0 Å². The lowest BCUT2D eigenvalue weighted by Crippen LogP contribution is -2.33. The van der Waals surface area contributed by atoms with Crippen molar-refractivity contribution >= 4 is 17.8 Å². The highest BCUT2D eigenvalue weighted by molar-refractivity contribution is 5.93. The molecule has 0 aromatic heterocycles. The van der Waals surface area contributed by atoms with Crippen molar-refractivity contribution in [2.75, 3.05) is 13.1 Å². The summed E-state index contributed by atoms with van der Waals surface area (Å²) < 4.78 is 0. The summed E-state index contributed by atoms with van der Waals surface area (Å²) in [5.41, 5.74) is 0. The first kappa shape index (κ1) is 12.9. The third kappa shape index (κ3) is 8.23. The Morgan fingerprint density at radius 1 is 1.07 bits per heavy atom. The van der Waals surface area contributed by atoms with Gasteiger partial charge >= 0.3 is 5.97 Å². The van der Waals surface area contributed by atoms with E-state index in [0.29, 0.717) is 0 Å². The molecule has 0 aliphatic heterocycles. The Morgan fingerprint density at radius 3 is 2.07 bits per heavy atom. The molecular weight excluding hydrogens is 200 g/mol. The molecule has 0 saturated carbocycles. The molecular formula is C9H12N2O4. The molecule has 15 heavy (non-hydrogen) atoms. The van der Waals surface area contributed by atoms with Crippen molar-refractivity contribution in [3.8, 4) is 0 Å². The van der Waals surface area contributed by atoms with Gasteiger partial charge in [-0.1, -0.05) is 6.58 Å². The molecule has 0 fully saturated rings. The summed E-state index contributed by atoms with van der Waals surface area (Å²) in [5.74, 6) is -2.04. The van der Waals surface area contributed by atoms with Gasteiger partial charge in [-0.3, -0.25) is 9.59 Å². The second-order valence-electron chi connectivity index (χ2n) is 2.46. The van der Waals surface area contributed by atoms with Gasteiger partial charge in [0.05, 0.1) is 0 Å². The number of nitrogens with one attached hydrogen (secondary N) is 2. The van der Waals surface area contributed by atoms with Crippen LogP contribution in [0.3, 0.4) is 0 Å². The molecule has 0 rings (SSSR count). The molecule has 2 amide bonds. The van der Waals surface area contributed by atoms with Crippen molar-refractivity contribution < 1.29 is 19.5 Å². The average molecular weight is 212 g/mol. The fourth-order valence-electron chi connectivity index (χ4n) is 0.649. The maximum Gasteiger partial charge on any atom is 0.328 e. The summed E-state index contributed by atoms with van der Waals surface area (Å²) in [4.78, 5) is 31.5. The summed E-state index contributed by atoms with van der Waals surface area (Å²) in [6, 6.07) is 0. The Balaban J connectivity index is 3.60. The van der Waals surface area contributed by atoms with E-state index in [1.165, 1.54) is 0 Å². The highest BCUT2D eigenvalue weighted by atomic mass is 16.4. The standard InChI is InChI=1S/C9H12N2O4/c1-2-7(12)10-5-6-11-8(13)3-4-9(14)15/h2-4H,1,5-6H2,(H,10,12)(H,11,13)(H,14,15)/b4-3-. The van der Waals surface area contributed by atoms with Gasteiger partial charge in [0.25, 0.3) is 0 Å². The molecule has 3 N–H and O–H groups in total. The van der Waals surface area contributed by atoms with Crippen LogP contribution < -0.4 is 10.6 Å². The smallest absolute Gasteiger partial charge is 0.328 e. The van der Waals surface area contributed by atoms with Gasteiger partial charge in [0.2, 0.25) is 11.8 Å². The number of rotatable bonds is 6. The van der Waals surface area contributed by atoms with Crippen molar-refractivity contribution in [1.82, 2.24) is 10.6 Å². The van der Waals surface area contributed by atoms with Crippen molar-refractivity contribution in [3.63, 3.8) is 0 Å². The highest BCUT2D eigenvalue weighted by Gasteiger charge is 1.96. The van der Waals surface area contributed by atoms with E-state index >= 15 is 0 Å². The monoisotopic (exact) mass is 212 g/mol. The number of carboxylic acids is 1. The van der Waals surface area contributed by atoms with E-state index in [1.54, 1.807) is 0 Å². The first-order chi connectivity index (χ1) is 7.06. The zero-order valence-electron chi connectivity index (χ0n) is 8.03. The third-order valence-electron chi connectivity index (χ3n) is 1.29. The van der Waals surface area contributed by atoms with Crippen LogP contribution in [-0.2, 0) is 14.4 Å². The van der Waals surface area contributed by atoms with Gasteiger partial charge in [0, 0.05) is 25.2 Å². The van der Waals surface area contributed by atoms with Crippen molar-refractivity contribution in [2.45, 2.75) is 0 Å². The predicted molar refractivity (Wildman–Crippen MR) is 53.0 cm³/mol. The molecule has 0 aromatic rings. The van der Waals surface area contributed by atoms with Crippen LogP contribution in [0.25, 0.3) is 0 Å². The molecule has 0 saturated heterocycles.